The molecule has 0 bridgehead atoms. The molecule has 0 aromatic carbocycles. The van der Waals surface area contributed by atoms with Crippen LogP contribution in [0.25, 0.3) is 0 Å². The van der Waals surface area contributed by atoms with Crippen molar-refractivity contribution in [1.29, 1.82) is 0 Å². The van der Waals surface area contributed by atoms with E-state index in [1.54, 1.807) is 0 Å². The molecule has 0 fully saturated rings. The van der Waals surface area contributed by atoms with E-state index in [0.717, 1.165) is 0 Å². The Kier molecular flexibility index (Phi) is 3.64. The molecule has 0 saturated carbocycles. The third-order valence-corrected chi connectivity index (χ3v) is 1.91. The molecule has 1 heterocycles. The molecule has 0 spiro atoms. The van der Waals surface area contributed by atoms with Gasteiger partial charge in [0.15, 0.2) is 6.10 Å². The summed E-state index contributed by atoms with van der Waals surface area (Å²) in [7, 11) is 0. The van der Waals surface area contributed by atoms with E-state index in [0.29, 0.717) is 5.89 Å². The van der Waals surface area contributed by atoms with Crippen molar-refractivity contribution in [2.24, 2.45) is 0 Å². The number of nitrogens with zero attached hydrogens (tertiary/aromatic N) is 2. The third-order valence-electron chi connectivity index (χ3n) is 1.91. The van der Waals surface area contributed by atoms with Gasteiger partial charge in [-0.05, 0) is 6.92 Å². The highest BCUT2D eigenvalue weighted by Gasteiger charge is 2.22. The molecule has 1 aromatic rings. The van der Waals surface area contributed by atoms with Gasteiger partial charge < -0.3 is 14.3 Å². The van der Waals surface area contributed by atoms with Gasteiger partial charge in [-0.3, -0.25) is 0 Å². The summed E-state index contributed by atoms with van der Waals surface area (Å²) in [5, 5.41) is 16.2. The fraction of sp³-hybridized carbons (Fsp3) is 0.700. The van der Waals surface area contributed by atoms with E-state index >= 15 is 0 Å². The van der Waals surface area contributed by atoms with Crippen LogP contribution in [0.1, 0.15) is 39.5 Å². The molecule has 16 heavy (non-hydrogen) atoms. The van der Waals surface area contributed by atoms with Crippen LogP contribution in [0.5, 0.6) is 0 Å². The predicted octanol–water partition coefficient (Wildman–Crippen LogP) is 1.36. The Morgan fingerprint density at radius 2 is 2.12 bits per heavy atom. The molecule has 0 aliphatic heterocycles. The highest BCUT2D eigenvalue weighted by Crippen LogP contribution is 2.20. The van der Waals surface area contributed by atoms with Crippen LogP contribution in [0.3, 0.4) is 0 Å². The zero-order valence-corrected chi connectivity index (χ0v) is 9.85. The van der Waals surface area contributed by atoms with E-state index in [2.05, 4.69) is 10.2 Å². The van der Waals surface area contributed by atoms with Crippen molar-refractivity contribution in [3.8, 4) is 0 Å². The Balaban J connectivity index is 2.57. The summed E-state index contributed by atoms with van der Waals surface area (Å²) in [4.78, 5) is 10.5. The standard InChI is InChI=1S/C10H16N2O4/c1-6(8(13)14)15-5-7-11-12-9(16-7)10(2,3)4/h6H,5H2,1-4H3,(H,13,14)/t6-/m0/s1. The Morgan fingerprint density at radius 1 is 1.50 bits per heavy atom. The van der Waals surface area contributed by atoms with Crippen molar-refractivity contribution in [2.45, 2.75) is 45.8 Å². The van der Waals surface area contributed by atoms with Gasteiger partial charge >= 0.3 is 5.97 Å². The van der Waals surface area contributed by atoms with Crippen molar-refractivity contribution in [1.82, 2.24) is 10.2 Å². The van der Waals surface area contributed by atoms with Crippen LogP contribution in [-0.2, 0) is 21.6 Å². The highest BCUT2D eigenvalue weighted by atomic mass is 16.5. The highest BCUT2D eigenvalue weighted by molar-refractivity contribution is 5.71. The minimum Gasteiger partial charge on any atom is -0.479 e. The molecule has 90 valence electrons. The van der Waals surface area contributed by atoms with Crippen molar-refractivity contribution in [2.75, 3.05) is 0 Å². The first-order chi connectivity index (χ1) is 7.30. The average Bonchev–Trinajstić information content (AvgIpc) is 2.61. The first kappa shape index (κ1) is 12.6. The van der Waals surface area contributed by atoms with E-state index in [4.69, 9.17) is 14.3 Å². The zero-order chi connectivity index (χ0) is 12.3. The summed E-state index contributed by atoms with van der Waals surface area (Å²) in [5.74, 6) is -0.220. The fourth-order valence-corrected chi connectivity index (χ4v) is 0.883. The van der Waals surface area contributed by atoms with Crippen LogP contribution in [0.15, 0.2) is 4.42 Å². The second-order valence-corrected chi connectivity index (χ2v) is 4.54. The SMILES string of the molecule is C[C@H](OCc1nnc(C(C)(C)C)o1)C(=O)O. The summed E-state index contributed by atoms with van der Waals surface area (Å²) in [6.07, 6.45) is -0.884. The molecule has 6 heteroatoms. The number of hydrogen-bond donors (Lipinski definition) is 1. The van der Waals surface area contributed by atoms with E-state index in [1.807, 2.05) is 20.8 Å². The lowest BCUT2D eigenvalue weighted by Crippen LogP contribution is -2.19. The molecule has 0 unspecified atom stereocenters. The Morgan fingerprint density at radius 3 is 2.56 bits per heavy atom. The smallest absolute Gasteiger partial charge is 0.332 e. The molecule has 1 rings (SSSR count). The lowest BCUT2D eigenvalue weighted by atomic mass is 9.97. The van der Waals surface area contributed by atoms with E-state index < -0.39 is 12.1 Å². The fourth-order valence-electron chi connectivity index (χ4n) is 0.883. The monoisotopic (exact) mass is 228 g/mol. The van der Waals surface area contributed by atoms with Gasteiger partial charge in [-0.2, -0.15) is 0 Å². The molecular weight excluding hydrogens is 212 g/mol. The minimum atomic E-state index is -1.02. The molecule has 0 saturated heterocycles. The second-order valence-electron chi connectivity index (χ2n) is 4.54. The molecule has 0 aliphatic carbocycles. The summed E-state index contributed by atoms with van der Waals surface area (Å²) >= 11 is 0. The van der Waals surface area contributed by atoms with Crippen molar-refractivity contribution in [3.63, 3.8) is 0 Å². The van der Waals surface area contributed by atoms with Gasteiger partial charge in [0.05, 0.1) is 0 Å². The van der Waals surface area contributed by atoms with Gasteiger partial charge in [0, 0.05) is 5.41 Å². The van der Waals surface area contributed by atoms with E-state index in [9.17, 15) is 4.79 Å². The number of carboxylic acid groups (broad SMARTS) is 1. The average molecular weight is 228 g/mol. The van der Waals surface area contributed by atoms with Gasteiger partial charge in [0.1, 0.15) is 6.61 Å². The Hall–Kier alpha value is -1.43. The normalized spacial score (nSPS) is 13.8. The molecule has 0 aliphatic rings. The lowest BCUT2D eigenvalue weighted by molar-refractivity contribution is -0.150. The largest absolute Gasteiger partial charge is 0.479 e. The van der Waals surface area contributed by atoms with E-state index in [1.165, 1.54) is 6.92 Å². The van der Waals surface area contributed by atoms with Gasteiger partial charge in [-0.25, -0.2) is 4.79 Å². The van der Waals surface area contributed by atoms with Crippen LogP contribution >= 0.6 is 0 Å². The second kappa shape index (κ2) is 4.61. The summed E-state index contributed by atoms with van der Waals surface area (Å²) in [6, 6.07) is 0. The van der Waals surface area contributed by atoms with Crippen molar-refractivity contribution < 1.29 is 19.1 Å². The van der Waals surface area contributed by atoms with Gasteiger partial charge in [0.2, 0.25) is 11.8 Å². The number of aromatic nitrogens is 2. The maximum atomic E-state index is 10.5. The van der Waals surface area contributed by atoms with Gasteiger partial charge in [-0.1, -0.05) is 20.8 Å². The maximum Gasteiger partial charge on any atom is 0.332 e. The quantitative estimate of drug-likeness (QED) is 0.837. The lowest BCUT2D eigenvalue weighted by Gasteiger charge is -2.11. The summed E-state index contributed by atoms with van der Waals surface area (Å²) in [5.41, 5.74) is -0.219. The topological polar surface area (TPSA) is 85.5 Å². The number of rotatable bonds is 4. The van der Waals surface area contributed by atoms with Crippen LogP contribution in [0.4, 0.5) is 0 Å². The summed E-state index contributed by atoms with van der Waals surface area (Å²) < 4.78 is 10.4. The number of hydrogen-bond acceptors (Lipinski definition) is 5. The molecule has 0 radical (unpaired) electrons. The van der Waals surface area contributed by atoms with Gasteiger partial charge in [0.25, 0.3) is 0 Å². The van der Waals surface area contributed by atoms with Crippen LogP contribution < -0.4 is 0 Å². The molecule has 0 amide bonds. The first-order valence-electron chi connectivity index (χ1n) is 4.98. The number of carbonyl (C=O) groups is 1. The predicted molar refractivity (Wildman–Crippen MR) is 54.9 cm³/mol. The van der Waals surface area contributed by atoms with Crippen LogP contribution in [0, 0.1) is 0 Å². The third kappa shape index (κ3) is 3.30. The number of carboxylic acids is 1. The van der Waals surface area contributed by atoms with E-state index in [-0.39, 0.29) is 17.9 Å². The van der Waals surface area contributed by atoms with Crippen molar-refractivity contribution in [3.05, 3.63) is 11.8 Å². The molecular formula is C10H16N2O4. The molecule has 1 N–H and O–H groups in total. The first-order valence-corrected chi connectivity index (χ1v) is 4.98. The zero-order valence-electron chi connectivity index (χ0n) is 9.85. The number of aliphatic carboxylic acids is 1. The Labute approximate surface area is 93.6 Å². The molecule has 1 aromatic heterocycles. The van der Waals surface area contributed by atoms with Crippen LogP contribution in [-0.4, -0.2) is 27.4 Å². The Bertz CT molecular complexity index is 367. The maximum absolute atomic E-state index is 10.5. The van der Waals surface area contributed by atoms with Crippen molar-refractivity contribution >= 4 is 5.97 Å². The molecule has 6 nitrogen and oxygen atoms in total. The summed E-state index contributed by atoms with van der Waals surface area (Å²) in [6.45, 7) is 7.31. The minimum absolute atomic E-state index is 0.0105. The number of ether oxygens (including phenoxy) is 1. The van der Waals surface area contributed by atoms with Crippen LogP contribution in [0.2, 0.25) is 0 Å². The molecule has 1 atom stereocenters. The van der Waals surface area contributed by atoms with Gasteiger partial charge in [-0.15, -0.1) is 10.2 Å².